The van der Waals surface area contributed by atoms with E-state index in [2.05, 4.69) is 38.0 Å². The SMILES string of the molecule is C=Cc1cccc(C(C(=O)NCCCCC)N(C(=O)C(NC(=O)OC(C)(C)C)C(C)C)C(C)CCC(C)C)c1. The van der Waals surface area contributed by atoms with Crippen molar-refractivity contribution in [2.45, 2.75) is 118 Å². The van der Waals surface area contributed by atoms with Crippen molar-refractivity contribution in [3.05, 3.63) is 42.0 Å². The summed E-state index contributed by atoms with van der Waals surface area (Å²) in [7, 11) is 0. The summed E-state index contributed by atoms with van der Waals surface area (Å²) in [6.45, 7) is 21.9. The van der Waals surface area contributed by atoms with Crippen LogP contribution in [-0.4, -0.2) is 47.0 Å². The molecule has 3 atom stereocenters. The van der Waals surface area contributed by atoms with E-state index in [0.29, 0.717) is 18.0 Å². The fraction of sp³-hybridized carbons (Fsp3) is 0.656. The Morgan fingerprint density at radius 2 is 1.72 bits per heavy atom. The Hall–Kier alpha value is -2.83. The average molecular weight is 544 g/mol. The lowest BCUT2D eigenvalue weighted by Crippen LogP contribution is -2.57. The van der Waals surface area contributed by atoms with E-state index >= 15 is 0 Å². The van der Waals surface area contributed by atoms with Gasteiger partial charge in [-0.2, -0.15) is 0 Å². The van der Waals surface area contributed by atoms with Crippen LogP contribution in [-0.2, 0) is 14.3 Å². The molecule has 0 fully saturated rings. The third-order valence-corrected chi connectivity index (χ3v) is 6.56. The topological polar surface area (TPSA) is 87.7 Å². The Balaban J connectivity index is 3.59. The van der Waals surface area contributed by atoms with E-state index in [1.54, 1.807) is 31.7 Å². The molecule has 0 bridgehead atoms. The number of hydrogen-bond acceptors (Lipinski definition) is 4. The molecule has 1 rings (SSSR count). The molecule has 0 spiro atoms. The number of nitrogens with zero attached hydrogens (tertiary/aromatic N) is 1. The third kappa shape index (κ3) is 11.8. The second-order valence-electron chi connectivity index (χ2n) is 12.2. The highest BCUT2D eigenvalue weighted by Gasteiger charge is 2.39. The van der Waals surface area contributed by atoms with E-state index in [1.807, 2.05) is 45.0 Å². The van der Waals surface area contributed by atoms with Crippen molar-refractivity contribution in [3.8, 4) is 0 Å². The number of alkyl carbamates (subject to hydrolysis) is 1. The highest BCUT2D eigenvalue weighted by atomic mass is 16.6. The van der Waals surface area contributed by atoms with Crippen LogP contribution in [0.2, 0.25) is 0 Å². The molecule has 3 amide bonds. The Morgan fingerprint density at radius 1 is 1.05 bits per heavy atom. The molecule has 3 unspecified atom stereocenters. The Morgan fingerprint density at radius 3 is 2.26 bits per heavy atom. The molecule has 1 aromatic carbocycles. The second kappa shape index (κ2) is 16.3. The van der Waals surface area contributed by atoms with E-state index in [9.17, 15) is 14.4 Å². The monoisotopic (exact) mass is 543 g/mol. The third-order valence-electron chi connectivity index (χ3n) is 6.56. The van der Waals surface area contributed by atoms with E-state index in [4.69, 9.17) is 4.74 Å². The number of hydrogen-bond donors (Lipinski definition) is 2. The summed E-state index contributed by atoms with van der Waals surface area (Å²) < 4.78 is 5.48. The zero-order valence-electron chi connectivity index (χ0n) is 25.8. The lowest BCUT2D eigenvalue weighted by Gasteiger charge is -2.39. The standard InChI is InChI=1S/C32H53N3O4/c1-11-13-14-20-33-29(36)28(26-17-15-16-25(12-2)21-26)35(24(7)19-18-22(3)4)30(37)27(23(5)6)34-31(38)39-32(8,9)10/h12,15-17,21-24,27-28H,2,11,13-14,18-20H2,1,3-10H3,(H,33,36)(H,34,38). The van der Waals surface area contributed by atoms with Crippen LogP contribution in [0.4, 0.5) is 4.79 Å². The maximum Gasteiger partial charge on any atom is 0.408 e. The number of benzene rings is 1. The van der Waals surface area contributed by atoms with Gasteiger partial charge >= 0.3 is 6.09 Å². The first-order valence-electron chi connectivity index (χ1n) is 14.5. The van der Waals surface area contributed by atoms with Gasteiger partial charge in [-0.15, -0.1) is 0 Å². The van der Waals surface area contributed by atoms with Gasteiger partial charge in [-0.3, -0.25) is 9.59 Å². The van der Waals surface area contributed by atoms with Crippen molar-refractivity contribution >= 4 is 24.0 Å². The highest BCUT2D eigenvalue weighted by molar-refractivity contribution is 5.92. The van der Waals surface area contributed by atoms with Crippen LogP contribution in [0.15, 0.2) is 30.8 Å². The molecule has 0 heterocycles. The fourth-order valence-corrected chi connectivity index (χ4v) is 4.40. The highest BCUT2D eigenvalue weighted by Crippen LogP contribution is 2.29. The van der Waals surface area contributed by atoms with Crippen molar-refractivity contribution in [1.29, 1.82) is 0 Å². The van der Waals surface area contributed by atoms with Crippen molar-refractivity contribution in [2.75, 3.05) is 6.54 Å². The minimum absolute atomic E-state index is 0.224. The number of carbonyl (C=O) groups excluding carboxylic acids is 3. The summed E-state index contributed by atoms with van der Waals surface area (Å²) >= 11 is 0. The summed E-state index contributed by atoms with van der Waals surface area (Å²) in [6.07, 6.45) is 5.63. The van der Waals surface area contributed by atoms with Gasteiger partial charge in [0.1, 0.15) is 17.7 Å². The lowest BCUT2D eigenvalue weighted by molar-refractivity contribution is -0.146. The number of ether oxygens (including phenoxy) is 1. The minimum Gasteiger partial charge on any atom is -0.444 e. The summed E-state index contributed by atoms with van der Waals surface area (Å²) in [5, 5.41) is 5.88. The van der Waals surface area contributed by atoms with Crippen LogP contribution in [0.5, 0.6) is 0 Å². The fourth-order valence-electron chi connectivity index (χ4n) is 4.40. The molecule has 0 aliphatic rings. The molecule has 7 heteroatoms. The lowest BCUT2D eigenvalue weighted by atomic mass is 9.94. The average Bonchev–Trinajstić information content (AvgIpc) is 2.85. The first-order valence-corrected chi connectivity index (χ1v) is 14.5. The van der Waals surface area contributed by atoms with Gasteiger partial charge in [0.15, 0.2) is 0 Å². The van der Waals surface area contributed by atoms with Gasteiger partial charge in [0.25, 0.3) is 0 Å². The second-order valence-corrected chi connectivity index (χ2v) is 12.2. The Bertz CT molecular complexity index is 936. The zero-order chi connectivity index (χ0) is 29.8. The van der Waals surface area contributed by atoms with E-state index < -0.39 is 23.8 Å². The van der Waals surface area contributed by atoms with Crippen LogP contribution in [0.25, 0.3) is 6.08 Å². The molecular weight excluding hydrogens is 490 g/mol. The molecule has 0 aliphatic carbocycles. The van der Waals surface area contributed by atoms with E-state index in [-0.39, 0.29) is 23.8 Å². The summed E-state index contributed by atoms with van der Waals surface area (Å²) in [6, 6.07) is 5.61. The summed E-state index contributed by atoms with van der Waals surface area (Å²) in [4.78, 5) is 42.7. The van der Waals surface area contributed by atoms with Gasteiger partial charge in [-0.25, -0.2) is 4.79 Å². The first kappa shape index (κ1) is 34.2. The van der Waals surface area contributed by atoms with Crippen LogP contribution < -0.4 is 10.6 Å². The van der Waals surface area contributed by atoms with Crippen molar-refractivity contribution in [2.24, 2.45) is 11.8 Å². The van der Waals surface area contributed by atoms with Crippen molar-refractivity contribution in [1.82, 2.24) is 15.5 Å². The molecular formula is C32H53N3O4. The smallest absolute Gasteiger partial charge is 0.408 e. The molecule has 0 saturated heterocycles. The molecule has 7 nitrogen and oxygen atoms in total. The summed E-state index contributed by atoms with van der Waals surface area (Å²) in [5.74, 6) is -0.310. The molecule has 1 aromatic rings. The number of rotatable bonds is 15. The first-order chi connectivity index (χ1) is 18.2. The van der Waals surface area contributed by atoms with Crippen LogP contribution in [0.1, 0.15) is 112 Å². The molecule has 0 aliphatic heterocycles. The van der Waals surface area contributed by atoms with Gasteiger partial charge in [0.2, 0.25) is 11.8 Å². The number of amides is 3. The van der Waals surface area contributed by atoms with Gasteiger partial charge < -0.3 is 20.3 Å². The Kier molecular flexibility index (Phi) is 14.3. The Labute approximate surface area is 237 Å². The number of unbranched alkanes of at least 4 members (excludes halogenated alkanes) is 2. The van der Waals surface area contributed by atoms with Crippen molar-refractivity contribution in [3.63, 3.8) is 0 Å². The molecule has 2 N–H and O–H groups in total. The predicted octanol–water partition coefficient (Wildman–Crippen LogP) is 6.88. The molecule has 0 aromatic heterocycles. The molecule has 0 saturated carbocycles. The van der Waals surface area contributed by atoms with Crippen molar-refractivity contribution < 1.29 is 19.1 Å². The van der Waals surface area contributed by atoms with Gasteiger partial charge in [-0.1, -0.05) is 78.3 Å². The summed E-state index contributed by atoms with van der Waals surface area (Å²) in [5.41, 5.74) is 0.876. The van der Waals surface area contributed by atoms with Crippen LogP contribution >= 0.6 is 0 Å². The van der Waals surface area contributed by atoms with Crippen LogP contribution in [0, 0.1) is 11.8 Å². The molecule has 39 heavy (non-hydrogen) atoms. The maximum absolute atomic E-state index is 14.4. The van der Waals surface area contributed by atoms with Gasteiger partial charge in [0, 0.05) is 12.6 Å². The quantitative estimate of drug-likeness (QED) is 0.236. The number of nitrogens with one attached hydrogen (secondary N) is 2. The van der Waals surface area contributed by atoms with E-state index in [0.717, 1.165) is 37.7 Å². The van der Waals surface area contributed by atoms with E-state index in [1.165, 1.54) is 0 Å². The normalized spacial score (nSPS) is 13.9. The van der Waals surface area contributed by atoms with Gasteiger partial charge in [0.05, 0.1) is 0 Å². The largest absolute Gasteiger partial charge is 0.444 e. The number of carbonyl (C=O) groups is 3. The van der Waals surface area contributed by atoms with Gasteiger partial charge in [-0.05, 0) is 76.0 Å². The maximum atomic E-state index is 14.4. The molecule has 220 valence electrons. The predicted molar refractivity (Wildman–Crippen MR) is 160 cm³/mol. The molecule has 0 radical (unpaired) electrons. The van der Waals surface area contributed by atoms with Crippen LogP contribution in [0.3, 0.4) is 0 Å². The minimum atomic E-state index is -0.862. The zero-order valence-corrected chi connectivity index (χ0v) is 25.8.